The van der Waals surface area contributed by atoms with Crippen molar-refractivity contribution in [3.8, 4) is 11.5 Å². The Kier molecular flexibility index (Phi) is 5.04. The molecular formula is C17H20FNO2. The summed E-state index contributed by atoms with van der Waals surface area (Å²) in [4.78, 5) is 0. The van der Waals surface area contributed by atoms with Gasteiger partial charge in [-0.25, -0.2) is 4.39 Å². The molecule has 3 nitrogen and oxygen atoms in total. The fourth-order valence-electron chi connectivity index (χ4n) is 2.18. The fraction of sp³-hybridized carbons (Fsp3) is 0.294. The van der Waals surface area contributed by atoms with E-state index in [1.165, 1.54) is 12.1 Å². The van der Waals surface area contributed by atoms with Crippen molar-refractivity contribution in [2.75, 3.05) is 19.0 Å². The number of ether oxygens (including phenoxy) is 2. The van der Waals surface area contributed by atoms with Gasteiger partial charge >= 0.3 is 0 Å². The van der Waals surface area contributed by atoms with E-state index in [1.54, 1.807) is 13.2 Å². The number of nitrogens with one attached hydrogen (secondary N) is 1. The van der Waals surface area contributed by atoms with Gasteiger partial charge in [-0.05, 0) is 37.6 Å². The van der Waals surface area contributed by atoms with Crippen LogP contribution in [0.5, 0.6) is 11.5 Å². The summed E-state index contributed by atoms with van der Waals surface area (Å²) in [5.41, 5.74) is 2.74. The standard InChI is InChI=1S/C17H20FNO2/c1-4-21-16-7-5-6-13(17(16)20-3)11-19-15-10-14(18)9-8-12(15)2/h5-10,19H,4,11H2,1-3H3. The lowest BCUT2D eigenvalue weighted by Crippen LogP contribution is -2.05. The lowest BCUT2D eigenvalue weighted by molar-refractivity contribution is 0.309. The maximum atomic E-state index is 13.3. The summed E-state index contributed by atoms with van der Waals surface area (Å²) in [5, 5.41) is 3.24. The van der Waals surface area contributed by atoms with E-state index in [2.05, 4.69) is 5.32 Å². The molecule has 0 fully saturated rings. The summed E-state index contributed by atoms with van der Waals surface area (Å²) in [6.07, 6.45) is 0. The molecule has 0 aliphatic heterocycles. The smallest absolute Gasteiger partial charge is 0.165 e. The van der Waals surface area contributed by atoms with Crippen molar-refractivity contribution in [1.82, 2.24) is 0 Å². The SMILES string of the molecule is CCOc1cccc(CNc2cc(F)ccc2C)c1OC. The Balaban J connectivity index is 2.19. The third-order valence-electron chi connectivity index (χ3n) is 3.23. The predicted molar refractivity (Wildman–Crippen MR) is 82.6 cm³/mol. The van der Waals surface area contributed by atoms with Gasteiger partial charge in [-0.3, -0.25) is 0 Å². The first-order valence-electron chi connectivity index (χ1n) is 6.94. The molecule has 0 spiro atoms. The second-order valence-electron chi connectivity index (χ2n) is 4.69. The summed E-state index contributed by atoms with van der Waals surface area (Å²) in [7, 11) is 1.62. The average molecular weight is 289 g/mol. The van der Waals surface area contributed by atoms with Crippen molar-refractivity contribution in [1.29, 1.82) is 0 Å². The Bertz CT molecular complexity index is 614. The van der Waals surface area contributed by atoms with Gasteiger partial charge in [0.1, 0.15) is 5.82 Å². The molecule has 21 heavy (non-hydrogen) atoms. The minimum Gasteiger partial charge on any atom is -0.493 e. The number of hydrogen-bond donors (Lipinski definition) is 1. The third kappa shape index (κ3) is 3.66. The minimum atomic E-state index is -0.252. The van der Waals surface area contributed by atoms with E-state index in [0.29, 0.717) is 18.9 Å². The molecule has 0 aliphatic carbocycles. The summed E-state index contributed by atoms with van der Waals surface area (Å²) in [6, 6.07) is 10.5. The van der Waals surface area contributed by atoms with E-state index < -0.39 is 0 Å². The van der Waals surface area contributed by atoms with Crippen LogP contribution >= 0.6 is 0 Å². The number of aryl methyl sites for hydroxylation is 1. The van der Waals surface area contributed by atoms with Gasteiger partial charge in [-0.15, -0.1) is 0 Å². The normalized spacial score (nSPS) is 10.3. The molecule has 112 valence electrons. The second-order valence-corrected chi connectivity index (χ2v) is 4.69. The first-order valence-corrected chi connectivity index (χ1v) is 6.94. The van der Waals surface area contributed by atoms with Gasteiger partial charge < -0.3 is 14.8 Å². The topological polar surface area (TPSA) is 30.5 Å². The van der Waals surface area contributed by atoms with E-state index in [9.17, 15) is 4.39 Å². The molecule has 2 aromatic carbocycles. The van der Waals surface area contributed by atoms with Crippen LogP contribution in [0, 0.1) is 12.7 Å². The highest BCUT2D eigenvalue weighted by Gasteiger charge is 2.10. The zero-order chi connectivity index (χ0) is 15.2. The molecule has 1 N–H and O–H groups in total. The van der Waals surface area contributed by atoms with Crippen LogP contribution in [0.15, 0.2) is 36.4 Å². The maximum Gasteiger partial charge on any atom is 0.165 e. The van der Waals surface area contributed by atoms with Gasteiger partial charge in [0, 0.05) is 17.8 Å². The summed E-state index contributed by atoms with van der Waals surface area (Å²) in [6.45, 7) is 4.99. The zero-order valence-corrected chi connectivity index (χ0v) is 12.6. The van der Waals surface area contributed by atoms with Crippen LogP contribution in [0.25, 0.3) is 0 Å². The molecule has 2 aromatic rings. The van der Waals surface area contributed by atoms with Crippen molar-refractivity contribution in [2.24, 2.45) is 0 Å². The molecule has 0 unspecified atom stereocenters. The molecule has 2 rings (SSSR count). The van der Waals surface area contributed by atoms with Crippen LogP contribution in [0.3, 0.4) is 0 Å². The van der Waals surface area contributed by atoms with Crippen LogP contribution in [-0.2, 0) is 6.54 Å². The Labute approximate surface area is 124 Å². The average Bonchev–Trinajstić information content (AvgIpc) is 2.48. The first kappa shape index (κ1) is 15.2. The summed E-state index contributed by atoms with van der Waals surface area (Å²) < 4.78 is 24.3. The van der Waals surface area contributed by atoms with E-state index >= 15 is 0 Å². The molecule has 0 radical (unpaired) electrons. The van der Waals surface area contributed by atoms with Gasteiger partial charge in [-0.1, -0.05) is 18.2 Å². The molecule has 0 heterocycles. The van der Waals surface area contributed by atoms with Crippen molar-refractivity contribution in [3.05, 3.63) is 53.3 Å². The largest absolute Gasteiger partial charge is 0.493 e. The molecule has 0 saturated heterocycles. The van der Waals surface area contributed by atoms with E-state index in [4.69, 9.17) is 9.47 Å². The van der Waals surface area contributed by atoms with E-state index in [-0.39, 0.29) is 5.82 Å². The van der Waals surface area contributed by atoms with Gasteiger partial charge in [0.25, 0.3) is 0 Å². The lowest BCUT2D eigenvalue weighted by atomic mass is 10.1. The number of para-hydroxylation sites is 1. The van der Waals surface area contributed by atoms with Gasteiger partial charge in [0.05, 0.1) is 13.7 Å². The Morgan fingerprint density at radius 1 is 1.19 bits per heavy atom. The molecule has 4 heteroatoms. The molecule has 0 atom stereocenters. The highest BCUT2D eigenvalue weighted by atomic mass is 19.1. The highest BCUT2D eigenvalue weighted by Crippen LogP contribution is 2.31. The first-order chi connectivity index (χ1) is 10.2. The maximum absolute atomic E-state index is 13.3. The zero-order valence-electron chi connectivity index (χ0n) is 12.6. The Morgan fingerprint density at radius 3 is 2.71 bits per heavy atom. The lowest BCUT2D eigenvalue weighted by Gasteiger charge is -2.15. The van der Waals surface area contributed by atoms with E-state index in [0.717, 1.165) is 22.6 Å². The quantitative estimate of drug-likeness (QED) is 0.866. The number of benzene rings is 2. The van der Waals surface area contributed by atoms with Crippen LogP contribution in [0.2, 0.25) is 0 Å². The number of methoxy groups -OCH3 is 1. The van der Waals surface area contributed by atoms with Gasteiger partial charge in [0.2, 0.25) is 0 Å². The van der Waals surface area contributed by atoms with Crippen LogP contribution < -0.4 is 14.8 Å². The van der Waals surface area contributed by atoms with Gasteiger partial charge in [0.15, 0.2) is 11.5 Å². The molecule has 0 saturated carbocycles. The second kappa shape index (κ2) is 6.97. The predicted octanol–water partition coefficient (Wildman–Crippen LogP) is 4.15. The Hall–Kier alpha value is -2.23. The number of rotatable bonds is 6. The molecule has 0 bridgehead atoms. The monoisotopic (exact) mass is 289 g/mol. The summed E-state index contributed by atoms with van der Waals surface area (Å²) >= 11 is 0. The molecule has 0 aliphatic rings. The van der Waals surface area contributed by atoms with Crippen molar-refractivity contribution in [3.63, 3.8) is 0 Å². The highest BCUT2D eigenvalue weighted by molar-refractivity contribution is 5.53. The fourth-order valence-corrected chi connectivity index (χ4v) is 2.18. The number of halogens is 1. The van der Waals surface area contributed by atoms with Crippen molar-refractivity contribution < 1.29 is 13.9 Å². The van der Waals surface area contributed by atoms with E-state index in [1.807, 2.05) is 32.0 Å². The molecule has 0 amide bonds. The van der Waals surface area contributed by atoms with Crippen molar-refractivity contribution in [2.45, 2.75) is 20.4 Å². The number of anilines is 1. The van der Waals surface area contributed by atoms with Crippen LogP contribution in [-0.4, -0.2) is 13.7 Å². The molecular weight excluding hydrogens is 269 g/mol. The van der Waals surface area contributed by atoms with Crippen molar-refractivity contribution >= 4 is 5.69 Å². The minimum absolute atomic E-state index is 0.252. The Morgan fingerprint density at radius 2 is 2.00 bits per heavy atom. The number of hydrogen-bond acceptors (Lipinski definition) is 3. The van der Waals surface area contributed by atoms with Crippen LogP contribution in [0.4, 0.5) is 10.1 Å². The van der Waals surface area contributed by atoms with Crippen LogP contribution in [0.1, 0.15) is 18.1 Å². The summed E-state index contributed by atoms with van der Waals surface area (Å²) in [5.74, 6) is 1.18. The molecule has 0 aromatic heterocycles. The third-order valence-corrected chi connectivity index (χ3v) is 3.23. The van der Waals surface area contributed by atoms with Gasteiger partial charge in [-0.2, -0.15) is 0 Å².